The lowest BCUT2D eigenvalue weighted by Gasteiger charge is -2.22. The average Bonchev–Trinajstić information content (AvgIpc) is 2.82. The molecule has 33 heavy (non-hydrogen) atoms. The highest BCUT2D eigenvalue weighted by Gasteiger charge is 2.15. The van der Waals surface area contributed by atoms with Crippen LogP contribution in [0.2, 0.25) is 0 Å². The SMILES string of the molecule is COc1cccc(Cn2c(=O)c(CN(C)CC(O)c3ccccc3)cc3ccc(F)cc32)c1. The second-order valence-corrected chi connectivity index (χ2v) is 8.24. The summed E-state index contributed by atoms with van der Waals surface area (Å²) >= 11 is 0. The number of aliphatic hydroxyl groups is 1. The zero-order valence-electron chi connectivity index (χ0n) is 18.7. The number of aromatic nitrogens is 1. The highest BCUT2D eigenvalue weighted by Crippen LogP contribution is 2.20. The van der Waals surface area contributed by atoms with Crippen LogP contribution in [0.5, 0.6) is 5.75 Å². The first kappa shape index (κ1) is 22.7. The second kappa shape index (κ2) is 9.98. The second-order valence-electron chi connectivity index (χ2n) is 8.24. The van der Waals surface area contributed by atoms with Crippen molar-refractivity contribution in [1.82, 2.24) is 9.47 Å². The number of fused-ring (bicyclic) bond motifs is 1. The van der Waals surface area contributed by atoms with Crippen LogP contribution in [0, 0.1) is 5.82 Å². The summed E-state index contributed by atoms with van der Waals surface area (Å²) in [7, 11) is 3.46. The maximum absolute atomic E-state index is 14.0. The van der Waals surface area contributed by atoms with Gasteiger partial charge < -0.3 is 14.4 Å². The van der Waals surface area contributed by atoms with Crippen LogP contribution in [-0.4, -0.2) is 35.3 Å². The van der Waals surface area contributed by atoms with Crippen LogP contribution in [0.4, 0.5) is 4.39 Å². The van der Waals surface area contributed by atoms with Gasteiger partial charge in [0, 0.05) is 18.7 Å². The maximum Gasteiger partial charge on any atom is 0.255 e. The molecule has 1 heterocycles. The summed E-state index contributed by atoms with van der Waals surface area (Å²) < 4.78 is 21.0. The lowest BCUT2D eigenvalue weighted by Crippen LogP contribution is -2.31. The van der Waals surface area contributed by atoms with Gasteiger partial charge in [-0.05, 0) is 60.0 Å². The number of halogens is 1. The molecule has 6 heteroatoms. The molecule has 0 aliphatic rings. The first-order chi connectivity index (χ1) is 15.9. The smallest absolute Gasteiger partial charge is 0.255 e. The average molecular weight is 447 g/mol. The van der Waals surface area contributed by atoms with Crippen molar-refractivity contribution in [3.8, 4) is 5.75 Å². The van der Waals surface area contributed by atoms with Gasteiger partial charge >= 0.3 is 0 Å². The summed E-state index contributed by atoms with van der Waals surface area (Å²) in [4.78, 5) is 15.4. The molecule has 4 aromatic rings. The number of aliphatic hydroxyl groups excluding tert-OH is 1. The Hall–Kier alpha value is -3.48. The standard InChI is InChI=1S/C27H27FN2O3/c1-29(18-26(31)20-8-4-3-5-9-20)17-22-14-21-11-12-23(28)15-25(21)30(27(22)32)16-19-7-6-10-24(13-19)33-2/h3-15,26,31H,16-18H2,1-2H3. The van der Waals surface area contributed by atoms with Crippen molar-refractivity contribution in [3.63, 3.8) is 0 Å². The molecular formula is C27H27FN2O3. The minimum atomic E-state index is -0.662. The number of hydrogen-bond donors (Lipinski definition) is 1. The minimum absolute atomic E-state index is 0.183. The first-order valence-electron chi connectivity index (χ1n) is 10.8. The van der Waals surface area contributed by atoms with Crippen LogP contribution in [0.3, 0.4) is 0 Å². The third-order valence-corrected chi connectivity index (χ3v) is 5.72. The molecular weight excluding hydrogens is 419 g/mol. The van der Waals surface area contributed by atoms with Gasteiger partial charge in [-0.3, -0.25) is 9.69 Å². The van der Waals surface area contributed by atoms with Gasteiger partial charge in [0.2, 0.25) is 0 Å². The van der Waals surface area contributed by atoms with E-state index >= 15 is 0 Å². The van der Waals surface area contributed by atoms with E-state index in [0.717, 1.165) is 16.5 Å². The van der Waals surface area contributed by atoms with E-state index in [1.54, 1.807) is 17.7 Å². The molecule has 0 radical (unpaired) electrons. The Labute approximate surface area is 192 Å². The van der Waals surface area contributed by atoms with Crippen LogP contribution in [-0.2, 0) is 13.1 Å². The normalized spacial score (nSPS) is 12.3. The van der Waals surface area contributed by atoms with Crippen LogP contribution in [0.1, 0.15) is 22.8 Å². The van der Waals surface area contributed by atoms with E-state index in [-0.39, 0.29) is 5.56 Å². The van der Waals surface area contributed by atoms with E-state index in [2.05, 4.69) is 0 Å². The fourth-order valence-corrected chi connectivity index (χ4v) is 4.06. The minimum Gasteiger partial charge on any atom is -0.497 e. The molecule has 5 nitrogen and oxygen atoms in total. The summed E-state index contributed by atoms with van der Waals surface area (Å²) in [5.41, 5.74) is 2.65. The predicted molar refractivity (Wildman–Crippen MR) is 128 cm³/mol. The van der Waals surface area contributed by atoms with E-state index in [9.17, 15) is 14.3 Å². The number of likely N-dealkylation sites (N-methyl/N-ethyl adjacent to an activating group) is 1. The van der Waals surface area contributed by atoms with E-state index in [1.807, 2.05) is 72.6 Å². The molecule has 4 rings (SSSR count). The molecule has 1 N–H and O–H groups in total. The van der Waals surface area contributed by atoms with E-state index in [0.29, 0.717) is 36.5 Å². The number of benzene rings is 3. The van der Waals surface area contributed by atoms with Gasteiger partial charge in [0.25, 0.3) is 5.56 Å². The predicted octanol–water partition coefficient (Wildman–Crippen LogP) is 4.36. The zero-order valence-corrected chi connectivity index (χ0v) is 18.7. The maximum atomic E-state index is 14.0. The number of hydrogen-bond acceptors (Lipinski definition) is 4. The quantitative estimate of drug-likeness (QED) is 0.437. The van der Waals surface area contributed by atoms with Crippen molar-refractivity contribution in [2.75, 3.05) is 20.7 Å². The van der Waals surface area contributed by atoms with Crippen LogP contribution >= 0.6 is 0 Å². The lowest BCUT2D eigenvalue weighted by atomic mass is 10.1. The van der Waals surface area contributed by atoms with Gasteiger partial charge in [-0.15, -0.1) is 0 Å². The van der Waals surface area contributed by atoms with Crippen molar-refractivity contribution in [2.24, 2.45) is 0 Å². The molecule has 0 saturated heterocycles. The topological polar surface area (TPSA) is 54.7 Å². The van der Waals surface area contributed by atoms with Gasteiger partial charge in [-0.2, -0.15) is 0 Å². The highest BCUT2D eigenvalue weighted by molar-refractivity contribution is 5.79. The molecule has 1 unspecified atom stereocenters. The Bertz CT molecular complexity index is 1300. The van der Waals surface area contributed by atoms with E-state index < -0.39 is 11.9 Å². The summed E-state index contributed by atoms with van der Waals surface area (Å²) in [6.07, 6.45) is -0.662. The molecule has 0 amide bonds. The molecule has 1 aromatic heterocycles. The van der Waals surface area contributed by atoms with Crippen molar-refractivity contribution >= 4 is 10.9 Å². The summed E-state index contributed by atoms with van der Waals surface area (Å²) in [5.74, 6) is 0.305. The van der Waals surface area contributed by atoms with Gasteiger partial charge in [0.1, 0.15) is 11.6 Å². The monoisotopic (exact) mass is 446 g/mol. The summed E-state index contributed by atoms with van der Waals surface area (Å²) in [5, 5.41) is 11.3. The van der Waals surface area contributed by atoms with E-state index in [1.165, 1.54) is 12.1 Å². The molecule has 0 aliphatic carbocycles. The fraction of sp³-hybridized carbons (Fsp3) is 0.222. The number of pyridine rings is 1. The Kier molecular flexibility index (Phi) is 6.87. The molecule has 0 bridgehead atoms. The zero-order chi connectivity index (χ0) is 23.4. The van der Waals surface area contributed by atoms with Crippen molar-refractivity contribution in [3.05, 3.63) is 112 Å². The largest absolute Gasteiger partial charge is 0.497 e. The van der Waals surface area contributed by atoms with Crippen LogP contribution in [0.15, 0.2) is 83.7 Å². The van der Waals surface area contributed by atoms with Gasteiger partial charge in [-0.25, -0.2) is 4.39 Å². The Morgan fingerprint density at radius 2 is 1.82 bits per heavy atom. The Morgan fingerprint density at radius 3 is 2.58 bits per heavy atom. The van der Waals surface area contributed by atoms with Crippen molar-refractivity contribution < 1.29 is 14.2 Å². The number of ether oxygens (including phenoxy) is 1. The number of nitrogens with zero attached hydrogens (tertiary/aromatic N) is 2. The molecule has 0 spiro atoms. The summed E-state index contributed by atoms with van der Waals surface area (Å²) in [6, 6.07) is 23.2. The van der Waals surface area contributed by atoms with Crippen molar-refractivity contribution in [2.45, 2.75) is 19.2 Å². The molecule has 3 aromatic carbocycles. The molecule has 0 fully saturated rings. The fourth-order valence-electron chi connectivity index (χ4n) is 4.06. The third kappa shape index (κ3) is 5.30. The third-order valence-electron chi connectivity index (χ3n) is 5.72. The number of methoxy groups -OCH3 is 1. The Morgan fingerprint density at radius 1 is 1.03 bits per heavy atom. The highest BCUT2D eigenvalue weighted by atomic mass is 19.1. The Balaban J connectivity index is 1.66. The van der Waals surface area contributed by atoms with Crippen molar-refractivity contribution in [1.29, 1.82) is 0 Å². The number of rotatable bonds is 8. The van der Waals surface area contributed by atoms with Gasteiger partial charge in [0.05, 0.1) is 25.3 Å². The first-order valence-corrected chi connectivity index (χ1v) is 10.8. The molecule has 170 valence electrons. The van der Waals surface area contributed by atoms with E-state index in [4.69, 9.17) is 4.74 Å². The van der Waals surface area contributed by atoms with Crippen LogP contribution in [0.25, 0.3) is 10.9 Å². The van der Waals surface area contributed by atoms with Crippen LogP contribution < -0.4 is 10.3 Å². The lowest BCUT2D eigenvalue weighted by molar-refractivity contribution is 0.123. The molecule has 0 aliphatic heterocycles. The molecule has 1 atom stereocenters. The van der Waals surface area contributed by atoms with Gasteiger partial charge in [-0.1, -0.05) is 42.5 Å². The summed E-state index contributed by atoms with van der Waals surface area (Å²) in [6.45, 7) is 1.02. The van der Waals surface area contributed by atoms with Gasteiger partial charge in [0.15, 0.2) is 0 Å². The molecule has 0 saturated carbocycles.